The lowest BCUT2D eigenvalue weighted by molar-refractivity contribution is 0.411. The highest BCUT2D eigenvalue weighted by Crippen LogP contribution is 2.34. The molecule has 0 heterocycles. The SMILES string of the molecule is COc1cccc([C@@H](C)NC2CCc3c(F)cccc32)c1. The second kappa shape index (κ2) is 5.86. The third-order valence-corrected chi connectivity index (χ3v) is 4.26. The van der Waals surface area contributed by atoms with Crippen LogP contribution >= 0.6 is 0 Å². The quantitative estimate of drug-likeness (QED) is 0.910. The van der Waals surface area contributed by atoms with Gasteiger partial charge >= 0.3 is 0 Å². The Balaban J connectivity index is 1.77. The normalized spacial score (nSPS) is 18.3. The molecule has 1 unspecified atom stereocenters. The Hall–Kier alpha value is -1.87. The van der Waals surface area contributed by atoms with Crippen molar-refractivity contribution in [1.29, 1.82) is 0 Å². The van der Waals surface area contributed by atoms with E-state index in [0.717, 1.165) is 29.7 Å². The lowest BCUT2D eigenvalue weighted by Crippen LogP contribution is -2.23. The molecule has 1 aliphatic carbocycles. The summed E-state index contributed by atoms with van der Waals surface area (Å²) in [6, 6.07) is 13.8. The minimum atomic E-state index is -0.0779. The van der Waals surface area contributed by atoms with E-state index in [9.17, 15) is 4.39 Å². The molecule has 0 spiro atoms. The number of nitrogens with one attached hydrogen (secondary N) is 1. The summed E-state index contributed by atoms with van der Waals surface area (Å²) in [7, 11) is 1.67. The molecular weight excluding hydrogens is 265 g/mol. The van der Waals surface area contributed by atoms with Crippen molar-refractivity contribution < 1.29 is 9.13 Å². The summed E-state index contributed by atoms with van der Waals surface area (Å²) < 4.78 is 19.0. The fourth-order valence-electron chi connectivity index (χ4n) is 3.09. The molecule has 0 radical (unpaired) electrons. The van der Waals surface area contributed by atoms with E-state index in [1.807, 2.05) is 24.3 Å². The lowest BCUT2D eigenvalue weighted by atomic mass is 10.0. The predicted octanol–water partition coefficient (Wildman–Crippen LogP) is 4.17. The summed E-state index contributed by atoms with van der Waals surface area (Å²) in [5, 5.41) is 3.61. The van der Waals surface area contributed by atoms with E-state index in [2.05, 4.69) is 18.3 Å². The van der Waals surface area contributed by atoms with Crippen LogP contribution in [0.4, 0.5) is 4.39 Å². The smallest absolute Gasteiger partial charge is 0.126 e. The molecule has 1 N–H and O–H groups in total. The van der Waals surface area contributed by atoms with Crippen LogP contribution in [0, 0.1) is 5.82 Å². The molecule has 0 aromatic heterocycles. The van der Waals surface area contributed by atoms with Crippen LogP contribution in [0.25, 0.3) is 0 Å². The molecule has 2 aromatic carbocycles. The summed E-state index contributed by atoms with van der Waals surface area (Å²) in [5.74, 6) is 0.782. The van der Waals surface area contributed by atoms with Crippen LogP contribution in [0.3, 0.4) is 0 Å². The molecule has 2 aromatic rings. The topological polar surface area (TPSA) is 21.3 Å². The number of benzene rings is 2. The van der Waals surface area contributed by atoms with Crippen LogP contribution in [0.15, 0.2) is 42.5 Å². The highest BCUT2D eigenvalue weighted by Gasteiger charge is 2.25. The van der Waals surface area contributed by atoms with Crippen LogP contribution in [0.1, 0.15) is 42.1 Å². The van der Waals surface area contributed by atoms with E-state index in [1.54, 1.807) is 19.2 Å². The summed E-state index contributed by atoms with van der Waals surface area (Å²) in [6.45, 7) is 2.13. The highest BCUT2D eigenvalue weighted by atomic mass is 19.1. The van der Waals surface area contributed by atoms with E-state index in [4.69, 9.17) is 4.74 Å². The fourth-order valence-corrected chi connectivity index (χ4v) is 3.09. The molecule has 110 valence electrons. The maximum atomic E-state index is 13.8. The minimum absolute atomic E-state index is 0.0779. The van der Waals surface area contributed by atoms with Gasteiger partial charge in [-0.05, 0) is 54.7 Å². The van der Waals surface area contributed by atoms with Crippen LogP contribution in [0.5, 0.6) is 5.75 Å². The Morgan fingerprint density at radius 1 is 1.24 bits per heavy atom. The zero-order valence-corrected chi connectivity index (χ0v) is 12.4. The summed E-state index contributed by atoms with van der Waals surface area (Å²) in [4.78, 5) is 0. The van der Waals surface area contributed by atoms with Crippen LogP contribution in [0.2, 0.25) is 0 Å². The van der Waals surface area contributed by atoms with Crippen molar-refractivity contribution in [3.8, 4) is 5.75 Å². The number of rotatable bonds is 4. The van der Waals surface area contributed by atoms with E-state index in [-0.39, 0.29) is 17.9 Å². The van der Waals surface area contributed by atoms with Gasteiger partial charge in [0.2, 0.25) is 0 Å². The van der Waals surface area contributed by atoms with E-state index in [0.29, 0.717) is 0 Å². The van der Waals surface area contributed by atoms with Crippen LogP contribution in [-0.2, 0) is 6.42 Å². The maximum absolute atomic E-state index is 13.8. The maximum Gasteiger partial charge on any atom is 0.126 e. The van der Waals surface area contributed by atoms with Crippen molar-refractivity contribution >= 4 is 0 Å². The zero-order chi connectivity index (χ0) is 14.8. The summed E-state index contributed by atoms with van der Waals surface area (Å²) in [5.41, 5.74) is 3.15. The number of ether oxygens (including phenoxy) is 1. The summed E-state index contributed by atoms with van der Waals surface area (Å²) >= 11 is 0. The predicted molar refractivity (Wildman–Crippen MR) is 82.0 cm³/mol. The van der Waals surface area contributed by atoms with Gasteiger partial charge in [0.05, 0.1) is 7.11 Å². The van der Waals surface area contributed by atoms with Crippen molar-refractivity contribution in [1.82, 2.24) is 5.32 Å². The van der Waals surface area contributed by atoms with Crippen molar-refractivity contribution in [3.63, 3.8) is 0 Å². The number of hydrogen-bond acceptors (Lipinski definition) is 2. The number of hydrogen-bond donors (Lipinski definition) is 1. The van der Waals surface area contributed by atoms with Gasteiger partial charge in [-0.25, -0.2) is 4.39 Å². The molecule has 3 rings (SSSR count). The van der Waals surface area contributed by atoms with Gasteiger partial charge in [0.15, 0.2) is 0 Å². The van der Waals surface area contributed by atoms with Crippen molar-refractivity contribution in [3.05, 3.63) is 65.0 Å². The number of methoxy groups -OCH3 is 1. The Labute approximate surface area is 125 Å². The largest absolute Gasteiger partial charge is 0.497 e. The van der Waals surface area contributed by atoms with Crippen LogP contribution < -0.4 is 10.1 Å². The minimum Gasteiger partial charge on any atom is -0.497 e. The van der Waals surface area contributed by atoms with Gasteiger partial charge in [0.25, 0.3) is 0 Å². The molecule has 0 amide bonds. The lowest BCUT2D eigenvalue weighted by Gasteiger charge is -2.21. The second-order valence-electron chi connectivity index (χ2n) is 5.56. The average Bonchev–Trinajstić information content (AvgIpc) is 2.92. The molecule has 0 saturated heterocycles. The van der Waals surface area contributed by atoms with Gasteiger partial charge in [-0.15, -0.1) is 0 Å². The van der Waals surface area contributed by atoms with Crippen molar-refractivity contribution in [2.75, 3.05) is 7.11 Å². The van der Waals surface area contributed by atoms with Gasteiger partial charge in [-0.1, -0.05) is 24.3 Å². The molecule has 2 atom stereocenters. The molecule has 0 fully saturated rings. The second-order valence-corrected chi connectivity index (χ2v) is 5.56. The fraction of sp³-hybridized carbons (Fsp3) is 0.333. The number of fused-ring (bicyclic) bond motifs is 1. The Bertz CT molecular complexity index is 641. The molecule has 21 heavy (non-hydrogen) atoms. The van der Waals surface area contributed by atoms with Gasteiger partial charge in [-0.3, -0.25) is 0 Å². The average molecular weight is 285 g/mol. The van der Waals surface area contributed by atoms with Gasteiger partial charge in [0, 0.05) is 12.1 Å². The van der Waals surface area contributed by atoms with E-state index >= 15 is 0 Å². The number of halogens is 1. The summed E-state index contributed by atoms with van der Waals surface area (Å²) in [6.07, 6.45) is 1.76. The first kappa shape index (κ1) is 14.1. The molecule has 0 bridgehead atoms. The third-order valence-electron chi connectivity index (χ3n) is 4.26. The standard InChI is InChI=1S/C18H20FNO/c1-12(13-5-3-6-14(11-13)21-2)20-18-10-9-15-16(18)7-4-8-17(15)19/h3-8,11-12,18,20H,9-10H2,1-2H3/t12-,18?/m1/s1. The molecule has 2 nitrogen and oxygen atoms in total. The van der Waals surface area contributed by atoms with E-state index < -0.39 is 0 Å². The first-order chi connectivity index (χ1) is 10.2. The molecular formula is C18H20FNO. The molecule has 0 aliphatic heterocycles. The molecule has 0 saturated carbocycles. The Morgan fingerprint density at radius 2 is 2.05 bits per heavy atom. The Morgan fingerprint density at radius 3 is 2.86 bits per heavy atom. The first-order valence-corrected chi connectivity index (χ1v) is 7.36. The van der Waals surface area contributed by atoms with Crippen molar-refractivity contribution in [2.24, 2.45) is 0 Å². The first-order valence-electron chi connectivity index (χ1n) is 7.36. The monoisotopic (exact) mass is 285 g/mol. The van der Waals surface area contributed by atoms with Gasteiger partial charge < -0.3 is 10.1 Å². The van der Waals surface area contributed by atoms with Gasteiger partial charge in [0.1, 0.15) is 11.6 Å². The van der Waals surface area contributed by atoms with Crippen LogP contribution in [-0.4, -0.2) is 7.11 Å². The van der Waals surface area contributed by atoms with Crippen molar-refractivity contribution in [2.45, 2.75) is 31.8 Å². The Kier molecular flexibility index (Phi) is 3.93. The highest BCUT2D eigenvalue weighted by molar-refractivity contribution is 5.36. The molecule has 3 heteroatoms. The van der Waals surface area contributed by atoms with Gasteiger partial charge in [-0.2, -0.15) is 0 Å². The third kappa shape index (κ3) is 2.79. The molecule has 1 aliphatic rings. The zero-order valence-electron chi connectivity index (χ0n) is 12.4. The van der Waals surface area contributed by atoms with E-state index in [1.165, 1.54) is 5.56 Å².